The Morgan fingerprint density at radius 1 is 1.67 bits per heavy atom. The van der Waals surface area contributed by atoms with Gasteiger partial charge in [-0.25, -0.2) is 4.98 Å². The monoisotopic (exact) mass is 251 g/mol. The lowest BCUT2D eigenvalue weighted by molar-refractivity contribution is -0.140. The number of aromatic nitrogens is 2. The molecule has 0 amide bonds. The van der Waals surface area contributed by atoms with E-state index in [-0.39, 0.29) is 0 Å². The summed E-state index contributed by atoms with van der Waals surface area (Å²) in [4.78, 5) is 15.7. The van der Waals surface area contributed by atoms with Crippen molar-refractivity contribution in [3.8, 4) is 0 Å². The van der Waals surface area contributed by atoms with E-state index in [9.17, 15) is 9.90 Å². The zero-order chi connectivity index (χ0) is 13.5. The highest BCUT2D eigenvalue weighted by atomic mass is 16.4. The summed E-state index contributed by atoms with van der Waals surface area (Å²) in [5.74, 6) is -0.282. The molecule has 2 rings (SSSR count). The van der Waals surface area contributed by atoms with E-state index < -0.39 is 17.6 Å². The molecule has 0 spiro atoms. The average molecular weight is 251 g/mol. The van der Waals surface area contributed by atoms with Crippen molar-refractivity contribution in [3.63, 3.8) is 0 Å². The summed E-state index contributed by atoms with van der Waals surface area (Å²) in [6, 6.07) is -0.532. The number of carboxylic acids is 1. The highest BCUT2D eigenvalue weighted by molar-refractivity contribution is 5.74. The van der Waals surface area contributed by atoms with Gasteiger partial charge in [0.2, 0.25) is 0 Å². The van der Waals surface area contributed by atoms with Gasteiger partial charge in [-0.15, -0.1) is 0 Å². The van der Waals surface area contributed by atoms with E-state index in [0.717, 1.165) is 17.9 Å². The Morgan fingerprint density at radius 2 is 2.33 bits per heavy atom. The first-order chi connectivity index (χ1) is 8.31. The normalized spacial score (nSPS) is 21.9. The fraction of sp³-hybridized carbons (Fsp3) is 0.692. The number of hydrogen-bond donors (Lipinski definition) is 2. The number of fused-ring (bicyclic) bond motifs is 1. The summed E-state index contributed by atoms with van der Waals surface area (Å²) in [5, 5.41) is 12.4. The van der Waals surface area contributed by atoms with Gasteiger partial charge in [0, 0.05) is 18.7 Å². The fourth-order valence-corrected chi connectivity index (χ4v) is 2.59. The molecule has 1 unspecified atom stereocenters. The molecular formula is C13H21N3O2. The Kier molecular flexibility index (Phi) is 3.19. The Labute approximate surface area is 107 Å². The third kappa shape index (κ3) is 2.27. The average Bonchev–Trinajstić information content (AvgIpc) is 2.60. The molecule has 1 aromatic heterocycles. The van der Waals surface area contributed by atoms with Gasteiger partial charge in [-0.1, -0.05) is 13.8 Å². The molecule has 0 bridgehead atoms. The molecule has 0 saturated heterocycles. The lowest BCUT2D eigenvalue weighted by atomic mass is 9.89. The standard InChI is InChI=1S/C13H21N3O2/c1-8(2)6-16-7-14-11-10(16)5-9(12(17)18)15-13(11,3)4/h7-9,15H,5-6H2,1-4H3,(H,17,18). The van der Waals surface area contributed by atoms with E-state index in [1.54, 1.807) is 0 Å². The van der Waals surface area contributed by atoms with Crippen molar-refractivity contribution < 1.29 is 9.90 Å². The Hall–Kier alpha value is -1.36. The number of aliphatic carboxylic acids is 1. The van der Waals surface area contributed by atoms with Gasteiger partial charge in [-0.3, -0.25) is 10.1 Å². The van der Waals surface area contributed by atoms with Crippen LogP contribution in [0.3, 0.4) is 0 Å². The largest absolute Gasteiger partial charge is 0.480 e. The summed E-state index contributed by atoms with van der Waals surface area (Å²) in [6.07, 6.45) is 2.33. The number of rotatable bonds is 3. The van der Waals surface area contributed by atoms with Gasteiger partial charge in [0.05, 0.1) is 17.6 Å². The fourth-order valence-electron chi connectivity index (χ4n) is 2.59. The molecule has 2 N–H and O–H groups in total. The molecule has 1 atom stereocenters. The Morgan fingerprint density at radius 3 is 2.89 bits per heavy atom. The van der Waals surface area contributed by atoms with Crippen LogP contribution in [0.15, 0.2) is 6.33 Å². The molecule has 0 radical (unpaired) electrons. The van der Waals surface area contributed by atoms with Crippen molar-refractivity contribution in [1.82, 2.24) is 14.9 Å². The molecule has 100 valence electrons. The predicted molar refractivity (Wildman–Crippen MR) is 68.4 cm³/mol. The van der Waals surface area contributed by atoms with Crippen molar-refractivity contribution in [2.75, 3.05) is 0 Å². The Balaban J connectivity index is 2.38. The molecule has 5 heteroatoms. The third-order valence-electron chi connectivity index (χ3n) is 3.33. The van der Waals surface area contributed by atoms with E-state index in [1.165, 1.54) is 0 Å². The molecule has 0 aliphatic carbocycles. The highest BCUT2D eigenvalue weighted by Gasteiger charge is 2.38. The minimum atomic E-state index is -0.800. The molecule has 2 heterocycles. The first kappa shape index (κ1) is 13.1. The van der Waals surface area contributed by atoms with Gasteiger partial charge in [0.15, 0.2) is 0 Å². The third-order valence-corrected chi connectivity index (χ3v) is 3.33. The van der Waals surface area contributed by atoms with E-state index in [1.807, 2.05) is 20.2 Å². The Bertz CT molecular complexity index is 463. The lowest BCUT2D eigenvalue weighted by Crippen LogP contribution is -2.53. The second-order valence-electron chi connectivity index (χ2n) is 5.95. The van der Waals surface area contributed by atoms with Gasteiger partial charge in [0.1, 0.15) is 6.04 Å². The van der Waals surface area contributed by atoms with Crippen LogP contribution in [0, 0.1) is 5.92 Å². The summed E-state index contributed by atoms with van der Waals surface area (Å²) in [5.41, 5.74) is 1.64. The van der Waals surface area contributed by atoms with Crippen LogP contribution in [0.2, 0.25) is 0 Å². The first-order valence-corrected chi connectivity index (χ1v) is 6.36. The molecule has 0 saturated carbocycles. The van der Waals surface area contributed by atoms with Crippen LogP contribution in [-0.4, -0.2) is 26.7 Å². The molecule has 5 nitrogen and oxygen atoms in total. The molecule has 1 aliphatic heterocycles. The second kappa shape index (κ2) is 4.39. The molecule has 0 fully saturated rings. The summed E-state index contributed by atoms with van der Waals surface area (Å²) in [7, 11) is 0. The SMILES string of the molecule is CC(C)Cn1cnc2c1CC(C(=O)O)NC2(C)C. The summed E-state index contributed by atoms with van der Waals surface area (Å²) in [6.45, 7) is 9.13. The van der Waals surface area contributed by atoms with Crippen LogP contribution in [-0.2, 0) is 23.3 Å². The van der Waals surface area contributed by atoms with Gasteiger partial charge >= 0.3 is 5.97 Å². The smallest absolute Gasteiger partial charge is 0.321 e. The van der Waals surface area contributed by atoms with E-state index in [4.69, 9.17) is 0 Å². The van der Waals surface area contributed by atoms with Crippen molar-refractivity contribution in [1.29, 1.82) is 0 Å². The van der Waals surface area contributed by atoms with Crippen molar-refractivity contribution >= 4 is 5.97 Å². The van der Waals surface area contributed by atoms with Crippen molar-refractivity contribution in [2.24, 2.45) is 5.92 Å². The maximum absolute atomic E-state index is 11.2. The van der Waals surface area contributed by atoms with Crippen LogP contribution in [0.25, 0.3) is 0 Å². The molecule has 18 heavy (non-hydrogen) atoms. The first-order valence-electron chi connectivity index (χ1n) is 6.36. The van der Waals surface area contributed by atoms with E-state index in [0.29, 0.717) is 12.3 Å². The maximum Gasteiger partial charge on any atom is 0.321 e. The lowest BCUT2D eigenvalue weighted by Gasteiger charge is -2.35. The van der Waals surface area contributed by atoms with Gasteiger partial charge in [0.25, 0.3) is 0 Å². The van der Waals surface area contributed by atoms with Crippen LogP contribution in [0.4, 0.5) is 0 Å². The van der Waals surface area contributed by atoms with Gasteiger partial charge in [-0.05, 0) is 19.8 Å². The molecule has 1 aliphatic rings. The van der Waals surface area contributed by atoms with E-state index >= 15 is 0 Å². The quantitative estimate of drug-likeness (QED) is 0.851. The van der Waals surface area contributed by atoms with Crippen LogP contribution in [0.5, 0.6) is 0 Å². The van der Waals surface area contributed by atoms with Crippen LogP contribution >= 0.6 is 0 Å². The molecular weight excluding hydrogens is 230 g/mol. The number of imidazole rings is 1. The summed E-state index contributed by atoms with van der Waals surface area (Å²) < 4.78 is 2.10. The topological polar surface area (TPSA) is 67.2 Å². The number of hydrogen-bond acceptors (Lipinski definition) is 3. The zero-order valence-corrected chi connectivity index (χ0v) is 11.4. The van der Waals surface area contributed by atoms with Gasteiger partial charge in [-0.2, -0.15) is 0 Å². The molecule has 0 aromatic carbocycles. The van der Waals surface area contributed by atoms with Crippen LogP contribution < -0.4 is 5.32 Å². The minimum Gasteiger partial charge on any atom is -0.480 e. The van der Waals surface area contributed by atoms with Gasteiger partial charge < -0.3 is 9.67 Å². The second-order valence-corrected chi connectivity index (χ2v) is 5.95. The molecule has 1 aromatic rings. The van der Waals surface area contributed by atoms with E-state index in [2.05, 4.69) is 28.7 Å². The maximum atomic E-state index is 11.2. The highest BCUT2D eigenvalue weighted by Crippen LogP contribution is 2.29. The number of carboxylic acid groups (broad SMARTS) is 1. The van der Waals surface area contributed by atoms with Crippen molar-refractivity contribution in [2.45, 2.75) is 52.2 Å². The number of nitrogens with one attached hydrogen (secondary N) is 1. The summed E-state index contributed by atoms with van der Waals surface area (Å²) >= 11 is 0. The predicted octanol–water partition coefficient (Wildman–Crippen LogP) is 1.37. The van der Waals surface area contributed by atoms with Crippen LogP contribution in [0.1, 0.15) is 39.1 Å². The number of nitrogens with zero attached hydrogens (tertiary/aromatic N) is 2. The number of carbonyl (C=O) groups is 1. The minimum absolute atomic E-state index is 0.390. The van der Waals surface area contributed by atoms with Crippen molar-refractivity contribution in [3.05, 3.63) is 17.7 Å². The zero-order valence-electron chi connectivity index (χ0n) is 11.4.